The Labute approximate surface area is 184 Å². The summed E-state index contributed by atoms with van der Waals surface area (Å²) >= 11 is 6.12. The summed E-state index contributed by atoms with van der Waals surface area (Å²) in [5, 5.41) is 11.9. The molecule has 0 spiro atoms. The van der Waals surface area contributed by atoms with E-state index in [-0.39, 0.29) is 0 Å². The molecule has 0 aliphatic rings. The van der Waals surface area contributed by atoms with E-state index in [2.05, 4.69) is 12.1 Å². The van der Waals surface area contributed by atoms with Crippen LogP contribution in [0.3, 0.4) is 0 Å². The number of hydrogen-bond donors (Lipinski definition) is 0. The number of fused-ring (bicyclic) bond motifs is 1. The van der Waals surface area contributed by atoms with Gasteiger partial charge in [0.2, 0.25) is 0 Å². The van der Waals surface area contributed by atoms with Crippen molar-refractivity contribution in [2.24, 2.45) is 0 Å². The fraction of sp³-hybridized carbons (Fsp3) is 0. The molecule has 0 bridgehead atoms. The van der Waals surface area contributed by atoms with E-state index < -0.39 is 0 Å². The maximum absolute atomic E-state index is 9.09. The lowest BCUT2D eigenvalue weighted by atomic mass is 10.1. The van der Waals surface area contributed by atoms with Gasteiger partial charge in [-0.3, -0.25) is 0 Å². The van der Waals surface area contributed by atoms with Crippen molar-refractivity contribution >= 4 is 22.4 Å². The number of halogens is 1. The topological polar surface area (TPSA) is 62.5 Å². The molecule has 1 heterocycles. The first-order chi connectivity index (χ1) is 15.2. The molecule has 1 aromatic heterocycles. The zero-order valence-corrected chi connectivity index (χ0v) is 17.1. The second kappa shape index (κ2) is 7.98. The van der Waals surface area contributed by atoms with Crippen LogP contribution in [0.25, 0.3) is 44.9 Å². The minimum atomic E-state index is 0.560. The smallest absolute Gasteiger partial charge is 0.164 e. The maximum atomic E-state index is 9.09. The van der Waals surface area contributed by atoms with Crippen molar-refractivity contribution in [1.82, 2.24) is 15.0 Å². The number of aromatic nitrogens is 3. The summed E-state index contributed by atoms with van der Waals surface area (Å²) < 4.78 is 0. The predicted octanol–water partition coefficient (Wildman–Crippen LogP) is 6.55. The molecule has 0 aliphatic carbocycles. The van der Waals surface area contributed by atoms with E-state index in [0.29, 0.717) is 28.1 Å². The van der Waals surface area contributed by atoms with Gasteiger partial charge in [-0.15, -0.1) is 0 Å². The second-order valence-corrected chi connectivity index (χ2v) is 7.50. The van der Waals surface area contributed by atoms with E-state index in [0.717, 1.165) is 27.5 Å². The molecule has 0 amide bonds. The number of nitriles is 1. The highest BCUT2D eigenvalue weighted by molar-refractivity contribution is 6.31. The van der Waals surface area contributed by atoms with E-state index >= 15 is 0 Å². The van der Waals surface area contributed by atoms with Gasteiger partial charge >= 0.3 is 0 Å². The monoisotopic (exact) mass is 418 g/mol. The van der Waals surface area contributed by atoms with Crippen LogP contribution < -0.4 is 0 Å². The van der Waals surface area contributed by atoms with Crippen LogP contribution in [-0.2, 0) is 0 Å². The molecule has 5 aromatic rings. The van der Waals surface area contributed by atoms with Crippen molar-refractivity contribution < 1.29 is 0 Å². The quantitative estimate of drug-likeness (QED) is 0.333. The summed E-state index contributed by atoms with van der Waals surface area (Å²) in [5.41, 5.74) is 3.22. The van der Waals surface area contributed by atoms with Crippen molar-refractivity contribution in [1.29, 1.82) is 5.26 Å². The van der Waals surface area contributed by atoms with Crippen LogP contribution in [-0.4, -0.2) is 15.0 Å². The highest BCUT2D eigenvalue weighted by Gasteiger charge is 2.12. The minimum Gasteiger partial charge on any atom is -0.208 e. The van der Waals surface area contributed by atoms with Gasteiger partial charge in [-0.1, -0.05) is 60.1 Å². The van der Waals surface area contributed by atoms with Crippen molar-refractivity contribution in [3.05, 3.63) is 102 Å². The van der Waals surface area contributed by atoms with Crippen LogP contribution in [0.5, 0.6) is 0 Å². The lowest BCUT2D eigenvalue weighted by Crippen LogP contribution is -2.00. The molecule has 4 aromatic carbocycles. The standard InChI is InChI=1S/C26H15ClN4/c27-23-13-12-20-14-22(11-10-21(20)15-23)26-30-24(18-4-2-1-3-5-18)29-25(31-26)19-8-6-17(16-28)7-9-19/h1-15H. The van der Waals surface area contributed by atoms with E-state index in [9.17, 15) is 0 Å². The predicted molar refractivity (Wildman–Crippen MR) is 123 cm³/mol. The Hall–Kier alpha value is -4.07. The van der Waals surface area contributed by atoms with Crippen LogP contribution in [0.15, 0.2) is 91.0 Å². The number of hydrogen-bond acceptors (Lipinski definition) is 4. The Kier molecular flexibility index (Phi) is 4.87. The second-order valence-electron chi connectivity index (χ2n) is 7.07. The van der Waals surface area contributed by atoms with Gasteiger partial charge < -0.3 is 0 Å². The molecule has 5 heteroatoms. The van der Waals surface area contributed by atoms with Gasteiger partial charge in [-0.2, -0.15) is 5.26 Å². The first-order valence-corrected chi connectivity index (χ1v) is 10.1. The van der Waals surface area contributed by atoms with Crippen molar-refractivity contribution in [2.45, 2.75) is 0 Å². The first kappa shape index (κ1) is 18.9. The maximum Gasteiger partial charge on any atom is 0.164 e. The molecular weight excluding hydrogens is 404 g/mol. The lowest BCUT2D eigenvalue weighted by molar-refractivity contribution is 1.07. The molecule has 0 unspecified atom stereocenters. The Morgan fingerprint density at radius 3 is 1.81 bits per heavy atom. The highest BCUT2D eigenvalue weighted by atomic mass is 35.5. The van der Waals surface area contributed by atoms with Gasteiger partial charge in [-0.25, -0.2) is 15.0 Å². The van der Waals surface area contributed by atoms with Crippen LogP contribution in [0.1, 0.15) is 5.56 Å². The number of nitrogens with zero attached hydrogens (tertiary/aromatic N) is 4. The Morgan fingerprint density at radius 2 is 1.13 bits per heavy atom. The molecule has 0 saturated carbocycles. The zero-order valence-electron chi connectivity index (χ0n) is 16.3. The summed E-state index contributed by atoms with van der Waals surface area (Å²) in [6, 6.07) is 31.1. The molecule has 0 saturated heterocycles. The summed E-state index contributed by atoms with van der Waals surface area (Å²) in [4.78, 5) is 14.2. The minimum absolute atomic E-state index is 0.560. The van der Waals surface area contributed by atoms with E-state index in [4.69, 9.17) is 31.8 Å². The molecular formula is C26H15ClN4. The lowest BCUT2D eigenvalue weighted by Gasteiger charge is -2.09. The summed E-state index contributed by atoms with van der Waals surface area (Å²) in [6.45, 7) is 0. The fourth-order valence-electron chi connectivity index (χ4n) is 3.40. The molecule has 5 rings (SSSR count). The SMILES string of the molecule is N#Cc1ccc(-c2nc(-c3ccccc3)nc(-c3ccc4cc(Cl)ccc4c3)n2)cc1. The Bertz CT molecular complexity index is 1440. The van der Waals surface area contributed by atoms with Gasteiger partial charge in [0.25, 0.3) is 0 Å². The van der Waals surface area contributed by atoms with Crippen LogP contribution in [0.2, 0.25) is 5.02 Å². The molecule has 0 atom stereocenters. The van der Waals surface area contributed by atoms with Gasteiger partial charge in [0, 0.05) is 21.7 Å². The van der Waals surface area contributed by atoms with Crippen LogP contribution in [0, 0.1) is 11.3 Å². The van der Waals surface area contributed by atoms with Crippen LogP contribution >= 0.6 is 11.6 Å². The normalized spacial score (nSPS) is 10.7. The molecule has 0 fully saturated rings. The van der Waals surface area contributed by atoms with Gasteiger partial charge in [0.05, 0.1) is 11.6 Å². The average molecular weight is 419 g/mol. The fourth-order valence-corrected chi connectivity index (χ4v) is 3.58. The van der Waals surface area contributed by atoms with E-state index in [1.807, 2.05) is 72.8 Å². The van der Waals surface area contributed by atoms with Crippen molar-refractivity contribution in [3.63, 3.8) is 0 Å². The molecule has 0 radical (unpaired) electrons. The molecule has 4 nitrogen and oxygen atoms in total. The van der Waals surface area contributed by atoms with Crippen molar-refractivity contribution in [3.8, 4) is 40.2 Å². The van der Waals surface area contributed by atoms with Crippen molar-refractivity contribution in [2.75, 3.05) is 0 Å². The molecule has 146 valence electrons. The number of benzene rings is 4. The van der Waals surface area contributed by atoms with E-state index in [1.165, 1.54) is 0 Å². The molecule has 0 aliphatic heterocycles. The third-order valence-electron chi connectivity index (χ3n) is 5.00. The highest BCUT2D eigenvalue weighted by Crippen LogP contribution is 2.28. The molecule has 0 N–H and O–H groups in total. The largest absolute Gasteiger partial charge is 0.208 e. The Morgan fingerprint density at radius 1 is 0.581 bits per heavy atom. The summed E-state index contributed by atoms with van der Waals surface area (Å²) in [6.07, 6.45) is 0. The zero-order chi connectivity index (χ0) is 21.2. The van der Waals surface area contributed by atoms with Gasteiger partial charge in [-0.05, 0) is 53.2 Å². The summed E-state index contributed by atoms with van der Waals surface area (Å²) in [7, 11) is 0. The summed E-state index contributed by atoms with van der Waals surface area (Å²) in [5.74, 6) is 1.75. The first-order valence-electron chi connectivity index (χ1n) is 9.71. The number of rotatable bonds is 3. The van der Waals surface area contributed by atoms with Crippen LogP contribution in [0.4, 0.5) is 0 Å². The Balaban J connectivity index is 1.69. The van der Waals surface area contributed by atoms with Gasteiger partial charge in [0.1, 0.15) is 0 Å². The third kappa shape index (κ3) is 3.87. The van der Waals surface area contributed by atoms with Gasteiger partial charge in [0.15, 0.2) is 17.5 Å². The average Bonchev–Trinajstić information content (AvgIpc) is 2.84. The van der Waals surface area contributed by atoms with E-state index in [1.54, 1.807) is 12.1 Å². The third-order valence-corrected chi connectivity index (χ3v) is 5.24. The molecule has 31 heavy (non-hydrogen) atoms.